The second-order valence-electron chi connectivity index (χ2n) is 4.89. The molecule has 1 aromatic carbocycles. The predicted molar refractivity (Wildman–Crippen MR) is 68.3 cm³/mol. The van der Waals surface area contributed by atoms with E-state index in [4.69, 9.17) is 0 Å². The van der Waals surface area contributed by atoms with Crippen LogP contribution >= 0.6 is 0 Å². The summed E-state index contributed by atoms with van der Waals surface area (Å²) in [6.07, 6.45) is 4.43. The van der Waals surface area contributed by atoms with Gasteiger partial charge in [0.1, 0.15) is 5.69 Å². The Bertz CT molecular complexity index is 434. The van der Waals surface area contributed by atoms with Gasteiger partial charge in [0.25, 0.3) is 5.69 Å². The standard InChI is InChI=1S/C13H18N2O2/c1-3-13(7-4-8-13)14-11-9-10(2)5-6-12(11)15(16)17/h5-6,9,14H,3-4,7-8H2,1-2H3. The topological polar surface area (TPSA) is 55.2 Å². The summed E-state index contributed by atoms with van der Waals surface area (Å²) in [5.74, 6) is 0. The van der Waals surface area contributed by atoms with Crippen molar-refractivity contribution >= 4 is 11.4 Å². The van der Waals surface area contributed by atoms with Crippen LogP contribution in [0.5, 0.6) is 0 Å². The first kappa shape index (κ1) is 11.9. The molecule has 0 unspecified atom stereocenters. The summed E-state index contributed by atoms with van der Waals surface area (Å²) >= 11 is 0. The quantitative estimate of drug-likeness (QED) is 0.639. The van der Waals surface area contributed by atoms with Crippen LogP contribution < -0.4 is 5.32 Å². The average Bonchev–Trinajstić information content (AvgIpc) is 2.23. The van der Waals surface area contributed by atoms with Crippen LogP contribution in [-0.4, -0.2) is 10.5 Å². The fourth-order valence-corrected chi connectivity index (χ4v) is 2.37. The Balaban J connectivity index is 2.30. The molecule has 4 heteroatoms. The molecule has 0 spiro atoms. The molecule has 0 radical (unpaired) electrons. The van der Waals surface area contributed by atoms with Crippen molar-refractivity contribution in [3.63, 3.8) is 0 Å². The molecular formula is C13H18N2O2. The van der Waals surface area contributed by atoms with Crippen LogP contribution in [0.15, 0.2) is 18.2 Å². The SMILES string of the molecule is CCC1(Nc2cc(C)ccc2[N+](=O)[O-])CCC1. The maximum Gasteiger partial charge on any atom is 0.292 e. The van der Waals surface area contributed by atoms with Crippen molar-refractivity contribution in [1.29, 1.82) is 0 Å². The molecule has 0 bridgehead atoms. The zero-order valence-electron chi connectivity index (χ0n) is 10.3. The third-order valence-electron chi connectivity index (χ3n) is 3.74. The molecule has 0 saturated heterocycles. The van der Waals surface area contributed by atoms with Crippen LogP contribution in [-0.2, 0) is 0 Å². The summed E-state index contributed by atoms with van der Waals surface area (Å²) in [4.78, 5) is 10.7. The Labute approximate surface area is 101 Å². The first-order valence-electron chi connectivity index (χ1n) is 6.09. The van der Waals surface area contributed by atoms with Gasteiger partial charge in [-0.3, -0.25) is 10.1 Å². The number of hydrogen-bond acceptors (Lipinski definition) is 3. The zero-order chi connectivity index (χ0) is 12.5. The van der Waals surface area contributed by atoms with E-state index >= 15 is 0 Å². The number of hydrogen-bond donors (Lipinski definition) is 1. The molecule has 4 nitrogen and oxygen atoms in total. The van der Waals surface area contributed by atoms with E-state index in [1.165, 1.54) is 6.42 Å². The molecule has 0 aromatic heterocycles. The molecular weight excluding hydrogens is 216 g/mol. The number of nitro benzene ring substituents is 1. The van der Waals surface area contributed by atoms with Gasteiger partial charge in [0, 0.05) is 11.6 Å². The van der Waals surface area contributed by atoms with Gasteiger partial charge in [0.05, 0.1) is 4.92 Å². The minimum Gasteiger partial charge on any atom is -0.374 e. The fourth-order valence-electron chi connectivity index (χ4n) is 2.37. The normalized spacial score (nSPS) is 17.3. The van der Waals surface area contributed by atoms with Gasteiger partial charge in [-0.05, 0) is 44.2 Å². The number of nitro groups is 1. The van der Waals surface area contributed by atoms with Gasteiger partial charge < -0.3 is 5.32 Å². The van der Waals surface area contributed by atoms with Gasteiger partial charge in [-0.2, -0.15) is 0 Å². The number of rotatable bonds is 4. The van der Waals surface area contributed by atoms with Crippen LogP contribution in [0.3, 0.4) is 0 Å². The lowest BCUT2D eigenvalue weighted by molar-refractivity contribution is -0.384. The molecule has 1 aromatic rings. The van der Waals surface area contributed by atoms with E-state index in [0.29, 0.717) is 5.69 Å². The Morgan fingerprint density at radius 2 is 2.18 bits per heavy atom. The maximum atomic E-state index is 11.0. The molecule has 0 atom stereocenters. The van der Waals surface area contributed by atoms with E-state index in [1.807, 2.05) is 13.0 Å². The van der Waals surface area contributed by atoms with Gasteiger partial charge in [-0.25, -0.2) is 0 Å². The van der Waals surface area contributed by atoms with Crippen LogP contribution in [0.25, 0.3) is 0 Å². The van der Waals surface area contributed by atoms with E-state index in [9.17, 15) is 10.1 Å². The lowest BCUT2D eigenvalue weighted by Gasteiger charge is -2.42. The molecule has 92 valence electrons. The third kappa shape index (κ3) is 2.25. The Morgan fingerprint density at radius 1 is 1.47 bits per heavy atom. The Morgan fingerprint density at radius 3 is 2.65 bits per heavy atom. The number of anilines is 1. The molecule has 0 aliphatic heterocycles. The smallest absolute Gasteiger partial charge is 0.292 e. The summed E-state index contributed by atoms with van der Waals surface area (Å²) in [5.41, 5.74) is 1.97. The van der Waals surface area contributed by atoms with E-state index < -0.39 is 0 Å². The lowest BCUT2D eigenvalue weighted by atomic mass is 9.74. The van der Waals surface area contributed by atoms with Gasteiger partial charge in [0.2, 0.25) is 0 Å². The second-order valence-corrected chi connectivity index (χ2v) is 4.89. The number of aryl methyl sites for hydroxylation is 1. The van der Waals surface area contributed by atoms with E-state index in [0.717, 1.165) is 24.8 Å². The Hall–Kier alpha value is -1.58. The highest BCUT2D eigenvalue weighted by Gasteiger charge is 2.36. The van der Waals surface area contributed by atoms with Gasteiger partial charge >= 0.3 is 0 Å². The summed E-state index contributed by atoms with van der Waals surface area (Å²) in [6, 6.07) is 5.23. The van der Waals surface area contributed by atoms with Crippen molar-refractivity contribution in [2.75, 3.05) is 5.32 Å². The van der Waals surface area contributed by atoms with Crippen molar-refractivity contribution in [2.45, 2.75) is 45.1 Å². The molecule has 2 rings (SSSR count). The van der Waals surface area contributed by atoms with Crippen molar-refractivity contribution < 1.29 is 4.92 Å². The number of nitrogens with zero attached hydrogens (tertiary/aromatic N) is 1. The minimum absolute atomic E-state index is 0.0819. The largest absolute Gasteiger partial charge is 0.374 e. The third-order valence-corrected chi connectivity index (χ3v) is 3.74. The van der Waals surface area contributed by atoms with Crippen molar-refractivity contribution in [2.24, 2.45) is 0 Å². The highest BCUT2D eigenvalue weighted by Crippen LogP contribution is 2.40. The predicted octanol–water partition coefficient (Wildman–Crippen LogP) is 3.65. The second kappa shape index (κ2) is 4.35. The fraction of sp³-hybridized carbons (Fsp3) is 0.538. The lowest BCUT2D eigenvalue weighted by Crippen LogP contribution is -2.44. The highest BCUT2D eigenvalue weighted by atomic mass is 16.6. The number of benzene rings is 1. The molecule has 0 heterocycles. The Kier molecular flexibility index (Phi) is 3.05. The van der Waals surface area contributed by atoms with Crippen molar-refractivity contribution in [1.82, 2.24) is 0 Å². The van der Waals surface area contributed by atoms with E-state index in [1.54, 1.807) is 12.1 Å². The first-order chi connectivity index (χ1) is 8.06. The van der Waals surface area contributed by atoms with Gasteiger partial charge in [-0.1, -0.05) is 13.0 Å². The van der Waals surface area contributed by atoms with Crippen LogP contribution in [0.1, 0.15) is 38.2 Å². The first-order valence-corrected chi connectivity index (χ1v) is 6.09. The highest BCUT2D eigenvalue weighted by molar-refractivity contribution is 5.64. The van der Waals surface area contributed by atoms with E-state index in [2.05, 4.69) is 12.2 Å². The number of nitrogens with one attached hydrogen (secondary N) is 1. The molecule has 1 N–H and O–H groups in total. The monoisotopic (exact) mass is 234 g/mol. The van der Waals surface area contributed by atoms with Crippen molar-refractivity contribution in [3.8, 4) is 0 Å². The maximum absolute atomic E-state index is 11.0. The van der Waals surface area contributed by atoms with Crippen LogP contribution in [0.2, 0.25) is 0 Å². The van der Waals surface area contributed by atoms with Gasteiger partial charge in [0.15, 0.2) is 0 Å². The molecule has 0 amide bonds. The molecule has 1 saturated carbocycles. The minimum atomic E-state index is -0.316. The van der Waals surface area contributed by atoms with Crippen LogP contribution in [0.4, 0.5) is 11.4 Å². The summed E-state index contributed by atoms with van der Waals surface area (Å²) in [5, 5.41) is 14.4. The molecule has 17 heavy (non-hydrogen) atoms. The zero-order valence-corrected chi connectivity index (χ0v) is 10.3. The molecule has 1 aliphatic carbocycles. The van der Waals surface area contributed by atoms with Crippen molar-refractivity contribution in [3.05, 3.63) is 33.9 Å². The summed E-state index contributed by atoms with van der Waals surface area (Å²) in [7, 11) is 0. The van der Waals surface area contributed by atoms with Crippen LogP contribution in [0, 0.1) is 17.0 Å². The summed E-state index contributed by atoms with van der Waals surface area (Å²) in [6.45, 7) is 4.09. The van der Waals surface area contributed by atoms with E-state index in [-0.39, 0.29) is 16.1 Å². The molecule has 1 fully saturated rings. The molecule has 1 aliphatic rings. The average molecular weight is 234 g/mol. The summed E-state index contributed by atoms with van der Waals surface area (Å²) < 4.78 is 0. The van der Waals surface area contributed by atoms with Gasteiger partial charge in [-0.15, -0.1) is 0 Å².